The van der Waals surface area contributed by atoms with E-state index in [9.17, 15) is 0 Å². The number of hydrogen-bond donors (Lipinski definition) is 0. The summed E-state index contributed by atoms with van der Waals surface area (Å²) in [4.78, 5) is 3.64. The predicted octanol–water partition coefficient (Wildman–Crippen LogP) is 1.10. The SMILES string of the molecule is Cc1[c][c]n[c]c1C. The average Bonchev–Trinajstić information content (AvgIpc) is 1.77. The first-order valence-corrected chi connectivity index (χ1v) is 2.45. The number of nitrogens with zero attached hydrogens (tertiary/aromatic N) is 1. The third-order valence-electron chi connectivity index (χ3n) is 1.09. The molecule has 0 spiro atoms. The van der Waals surface area contributed by atoms with Crippen LogP contribution in [0.15, 0.2) is 0 Å². The Kier molecular flexibility index (Phi) is 1.29. The molecular formula is C7H6N. The summed E-state index contributed by atoms with van der Waals surface area (Å²) >= 11 is 0. The van der Waals surface area contributed by atoms with Gasteiger partial charge in [0.25, 0.3) is 0 Å². The summed E-state index contributed by atoms with van der Waals surface area (Å²) in [6.07, 6.45) is 5.33. The van der Waals surface area contributed by atoms with Gasteiger partial charge < -0.3 is 0 Å². The van der Waals surface area contributed by atoms with E-state index in [2.05, 4.69) is 23.4 Å². The lowest BCUT2D eigenvalue weighted by Crippen LogP contribution is -1.81. The summed E-state index contributed by atoms with van der Waals surface area (Å²) in [6, 6.07) is 2.83. The minimum absolute atomic E-state index is 1.05. The van der Waals surface area contributed by atoms with E-state index in [0.29, 0.717) is 0 Å². The van der Waals surface area contributed by atoms with Crippen molar-refractivity contribution in [1.29, 1.82) is 0 Å². The van der Waals surface area contributed by atoms with Crippen LogP contribution in [0.4, 0.5) is 0 Å². The molecule has 0 aliphatic rings. The van der Waals surface area contributed by atoms with Crippen LogP contribution < -0.4 is 0 Å². The molecule has 0 amide bonds. The van der Waals surface area contributed by atoms with Crippen molar-refractivity contribution in [3.63, 3.8) is 0 Å². The standard InChI is InChI=1S/C7H6N/c1-6-3-4-8-5-7(6)2/h1-2H3. The molecule has 1 nitrogen and oxygen atoms in total. The summed E-state index contributed by atoms with van der Waals surface area (Å²) in [6.45, 7) is 3.91. The molecule has 0 aliphatic heterocycles. The molecule has 1 rings (SSSR count). The lowest BCUT2D eigenvalue weighted by Gasteiger charge is -1.90. The van der Waals surface area contributed by atoms with Crippen LogP contribution in [0.5, 0.6) is 0 Å². The maximum atomic E-state index is 3.64. The van der Waals surface area contributed by atoms with Crippen LogP contribution >= 0.6 is 0 Å². The van der Waals surface area contributed by atoms with Crippen LogP contribution in [0.3, 0.4) is 0 Å². The minimum Gasteiger partial charge on any atom is -0.244 e. The van der Waals surface area contributed by atoms with E-state index in [1.165, 1.54) is 0 Å². The largest absolute Gasteiger partial charge is 0.244 e. The van der Waals surface area contributed by atoms with E-state index < -0.39 is 0 Å². The van der Waals surface area contributed by atoms with Crippen LogP contribution in [0.25, 0.3) is 0 Å². The normalized spacial score (nSPS) is 9.25. The molecule has 8 heavy (non-hydrogen) atoms. The van der Waals surface area contributed by atoms with Crippen LogP contribution in [0, 0.1) is 32.3 Å². The van der Waals surface area contributed by atoms with E-state index in [1.807, 2.05) is 13.8 Å². The third-order valence-corrected chi connectivity index (χ3v) is 1.09. The topological polar surface area (TPSA) is 12.9 Å². The summed E-state index contributed by atoms with van der Waals surface area (Å²) in [5, 5.41) is 0. The van der Waals surface area contributed by atoms with Gasteiger partial charge in [-0.15, -0.1) is 0 Å². The smallest absolute Gasteiger partial charge is 0.0983 e. The molecule has 0 fully saturated rings. The molecule has 3 radical (unpaired) electrons. The summed E-state index contributed by atoms with van der Waals surface area (Å²) in [5.74, 6) is 0. The van der Waals surface area contributed by atoms with Crippen molar-refractivity contribution in [2.24, 2.45) is 0 Å². The highest BCUT2D eigenvalue weighted by molar-refractivity contribution is 5.15. The Morgan fingerprint density at radius 3 is 2.38 bits per heavy atom. The Hall–Kier alpha value is -0.850. The summed E-state index contributed by atoms with van der Waals surface area (Å²) in [7, 11) is 0. The first-order chi connectivity index (χ1) is 3.80. The van der Waals surface area contributed by atoms with Crippen LogP contribution in [-0.2, 0) is 0 Å². The average molecular weight is 104 g/mol. The molecule has 0 unspecified atom stereocenters. The van der Waals surface area contributed by atoms with E-state index in [0.717, 1.165) is 11.1 Å². The van der Waals surface area contributed by atoms with E-state index in [4.69, 9.17) is 0 Å². The molecule has 0 bridgehead atoms. The van der Waals surface area contributed by atoms with Crippen molar-refractivity contribution < 1.29 is 0 Å². The maximum absolute atomic E-state index is 3.64. The van der Waals surface area contributed by atoms with Crippen LogP contribution in [0.2, 0.25) is 0 Å². The van der Waals surface area contributed by atoms with E-state index >= 15 is 0 Å². The molecule has 1 aromatic heterocycles. The first kappa shape index (κ1) is 5.29. The Morgan fingerprint density at radius 2 is 2.00 bits per heavy atom. The maximum Gasteiger partial charge on any atom is 0.0983 e. The number of rotatable bonds is 0. The van der Waals surface area contributed by atoms with Gasteiger partial charge in [0, 0.05) is 6.07 Å². The fourth-order valence-electron chi connectivity index (χ4n) is 0.401. The molecule has 0 N–H and O–H groups in total. The molecule has 0 saturated carbocycles. The molecule has 0 aromatic carbocycles. The van der Waals surface area contributed by atoms with Gasteiger partial charge in [-0.1, -0.05) is 0 Å². The zero-order valence-corrected chi connectivity index (χ0v) is 4.95. The zero-order valence-electron chi connectivity index (χ0n) is 4.95. The number of aromatic nitrogens is 1. The second kappa shape index (κ2) is 1.95. The monoisotopic (exact) mass is 104 g/mol. The first-order valence-electron chi connectivity index (χ1n) is 2.45. The lowest BCUT2D eigenvalue weighted by molar-refractivity contribution is 1.19. The molecule has 39 valence electrons. The molecule has 0 aliphatic carbocycles. The van der Waals surface area contributed by atoms with Gasteiger partial charge in [-0.3, -0.25) is 0 Å². The van der Waals surface area contributed by atoms with Gasteiger partial charge in [-0.05, 0) is 25.0 Å². The highest BCUT2D eigenvalue weighted by Gasteiger charge is 1.87. The van der Waals surface area contributed by atoms with Crippen LogP contribution in [-0.4, -0.2) is 4.98 Å². The number of aryl methyl sites for hydroxylation is 2. The Balaban J connectivity index is 3.13. The lowest BCUT2D eigenvalue weighted by atomic mass is 10.2. The van der Waals surface area contributed by atoms with Crippen molar-refractivity contribution >= 4 is 0 Å². The van der Waals surface area contributed by atoms with Gasteiger partial charge in [0.15, 0.2) is 0 Å². The Labute approximate surface area is 49.4 Å². The van der Waals surface area contributed by atoms with Gasteiger partial charge in [-0.25, -0.2) is 4.98 Å². The molecule has 0 atom stereocenters. The quantitative estimate of drug-likeness (QED) is 0.480. The molecule has 1 aromatic rings. The molecule has 1 heteroatoms. The number of pyridine rings is 1. The number of hydrogen-bond acceptors (Lipinski definition) is 1. The fourth-order valence-corrected chi connectivity index (χ4v) is 0.401. The van der Waals surface area contributed by atoms with Gasteiger partial charge in [0.2, 0.25) is 0 Å². The van der Waals surface area contributed by atoms with Crippen molar-refractivity contribution in [1.82, 2.24) is 4.98 Å². The van der Waals surface area contributed by atoms with Gasteiger partial charge >= 0.3 is 0 Å². The van der Waals surface area contributed by atoms with Crippen molar-refractivity contribution in [2.45, 2.75) is 13.8 Å². The zero-order chi connectivity index (χ0) is 5.98. The van der Waals surface area contributed by atoms with Crippen molar-refractivity contribution in [3.05, 3.63) is 29.6 Å². The molecule has 0 saturated heterocycles. The summed E-state index contributed by atoms with van der Waals surface area (Å²) < 4.78 is 0. The fraction of sp³-hybridized carbons (Fsp3) is 0.286. The highest BCUT2D eigenvalue weighted by Crippen LogP contribution is 1.98. The van der Waals surface area contributed by atoms with Crippen molar-refractivity contribution in [2.75, 3.05) is 0 Å². The molecular weight excluding hydrogens is 98.1 g/mol. The Morgan fingerprint density at radius 1 is 1.25 bits per heavy atom. The highest BCUT2D eigenvalue weighted by atomic mass is 14.6. The second-order valence-corrected chi connectivity index (χ2v) is 1.71. The van der Waals surface area contributed by atoms with Gasteiger partial charge in [-0.2, -0.15) is 0 Å². The van der Waals surface area contributed by atoms with Crippen molar-refractivity contribution in [3.8, 4) is 0 Å². The summed E-state index contributed by atoms with van der Waals surface area (Å²) in [5.41, 5.74) is 2.11. The predicted molar refractivity (Wildman–Crippen MR) is 30.2 cm³/mol. The minimum atomic E-state index is 1.05. The van der Waals surface area contributed by atoms with Gasteiger partial charge in [0.05, 0.1) is 12.4 Å². The van der Waals surface area contributed by atoms with Crippen LogP contribution in [0.1, 0.15) is 11.1 Å². The van der Waals surface area contributed by atoms with E-state index in [-0.39, 0.29) is 0 Å². The van der Waals surface area contributed by atoms with Gasteiger partial charge in [0.1, 0.15) is 0 Å². The molecule has 1 heterocycles. The second-order valence-electron chi connectivity index (χ2n) is 1.71. The Bertz CT molecular complexity index is 160. The third kappa shape index (κ3) is 0.861. The van der Waals surface area contributed by atoms with E-state index in [1.54, 1.807) is 0 Å².